The zero-order chi connectivity index (χ0) is 14.6. The van der Waals surface area contributed by atoms with Crippen molar-refractivity contribution in [3.8, 4) is 0 Å². The van der Waals surface area contributed by atoms with Crippen molar-refractivity contribution < 1.29 is 14.7 Å². The molecule has 1 aliphatic carbocycles. The van der Waals surface area contributed by atoms with Gasteiger partial charge in [0.15, 0.2) is 0 Å². The quantitative estimate of drug-likeness (QED) is 0.752. The Bertz CT molecular complexity index is 374. The molecule has 1 amide bonds. The molecule has 0 aromatic carbocycles. The number of carbonyl (C=O) groups excluding carboxylic acids is 1. The third-order valence-corrected chi connectivity index (χ3v) is 4.09. The summed E-state index contributed by atoms with van der Waals surface area (Å²) in [5.74, 6) is 0.619. The van der Waals surface area contributed by atoms with Crippen molar-refractivity contribution in [2.75, 3.05) is 6.54 Å². The van der Waals surface area contributed by atoms with Crippen molar-refractivity contribution in [2.24, 2.45) is 23.7 Å². The van der Waals surface area contributed by atoms with E-state index < -0.39 is 5.97 Å². The molecule has 0 radical (unpaired) electrons. The second-order valence-electron chi connectivity index (χ2n) is 5.95. The van der Waals surface area contributed by atoms with Crippen molar-refractivity contribution in [2.45, 2.75) is 40.5 Å². The third-order valence-electron chi connectivity index (χ3n) is 4.09. The Hall–Kier alpha value is -1.32. The van der Waals surface area contributed by atoms with Crippen molar-refractivity contribution in [1.29, 1.82) is 0 Å². The molecule has 0 spiro atoms. The highest BCUT2D eigenvalue weighted by molar-refractivity contribution is 5.72. The maximum atomic E-state index is 11.0. The molecule has 3 atom stereocenters. The molecule has 1 rings (SSSR count). The molecule has 0 aromatic heterocycles. The van der Waals surface area contributed by atoms with E-state index >= 15 is 0 Å². The van der Waals surface area contributed by atoms with Crippen molar-refractivity contribution in [3.05, 3.63) is 11.6 Å². The van der Waals surface area contributed by atoms with Crippen LogP contribution in [0.25, 0.3) is 0 Å². The number of carboxylic acids is 1. The first-order valence-electron chi connectivity index (χ1n) is 6.95. The first-order valence-corrected chi connectivity index (χ1v) is 6.95. The molecule has 0 fully saturated rings. The standard InChI is InChI=1S/C15H25NO3/c1-9(2)14-6-12(7-15(18)19)10(3)5-13(14)8-16-11(4)17/h5,9,12-14H,6-8H2,1-4H3,(H,16,17)(H,18,19). The predicted octanol–water partition coefficient (Wildman–Crippen LogP) is 2.45. The van der Waals surface area contributed by atoms with E-state index in [1.807, 2.05) is 6.92 Å². The van der Waals surface area contributed by atoms with E-state index in [2.05, 4.69) is 25.2 Å². The van der Waals surface area contributed by atoms with Gasteiger partial charge in [-0.2, -0.15) is 0 Å². The largest absolute Gasteiger partial charge is 0.481 e. The number of hydrogen-bond acceptors (Lipinski definition) is 2. The molecule has 0 bridgehead atoms. The molecule has 0 heterocycles. The molecule has 4 nitrogen and oxygen atoms in total. The molecular formula is C15H25NO3. The summed E-state index contributed by atoms with van der Waals surface area (Å²) in [7, 11) is 0. The molecule has 0 saturated carbocycles. The summed E-state index contributed by atoms with van der Waals surface area (Å²) in [4.78, 5) is 21.9. The van der Waals surface area contributed by atoms with Crippen molar-refractivity contribution >= 4 is 11.9 Å². The zero-order valence-corrected chi connectivity index (χ0v) is 12.3. The smallest absolute Gasteiger partial charge is 0.303 e. The number of nitrogens with one attached hydrogen (secondary N) is 1. The van der Waals surface area contributed by atoms with Gasteiger partial charge in [-0.3, -0.25) is 9.59 Å². The Morgan fingerprint density at radius 1 is 1.47 bits per heavy atom. The van der Waals surface area contributed by atoms with E-state index in [4.69, 9.17) is 5.11 Å². The molecule has 0 aliphatic heterocycles. The summed E-state index contributed by atoms with van der Waals surface area (Å²) < 4.78 is 0. The highest BCUT2D eigenvalue weighted by Crippen LogP contribution is 2.38. The molecule has 2 N–H and O–H groups in total. The highest BCUT2D eigenvalue weighted by atomic mass is 16.4. The lowest BCUT2D eigenvalue weighted by molar-refractivity contribution is -0.138. The molecule has 0 aromatic rings. The predicted molar refractivity (Wildman–Crippen MR) is 74.6 cm³/mol. The lowest BCUT2D eigenvalue weighted by Gasteiger charge is -2.36. The molecular weight excluding hydrogens is 242 g/mol. The van der Waals surface area contributed by atoms with Gasteiger partial charge in [-0.15, -0.1) is 0 Å². The fraction of sp³-hybridized carbons (Fsp3) is 0.733. The van der Waals surface area contributed by atoms with Crippen LogP contribution in [-0.2, 0) is 9.59 Å². The van der Waals surface area contributed by atoms with Gasteiger partial charge in [-0.05, 0) is 37.0 Å². The maximum Gasteiger partial charge on any atom is 0.303 e. The fourth-order valence-electron chi connectivity index (χ4n) is 2.98. The zero-order valence-electron chi connectivity index (χ0n) is 12.3. The molecule has 108 valence electrons. The van der Waals surface area contributed by atoms with Gasteiger partial charge < -0.3 is 10.4 Å². The van der Waals surface area contributed by atoms with E-state index in [1.165, 1.54) is 6.92 Å². The number of carbonyl (C=O) groups is 2. The van der Waals surface area contributed by atoms with Crippen molar-refractivity contribution in [1.82, 2.24) is 5.32 Å². The van der Waals surface area contributed by atoms with Crippen LogP contribution in [-0.4, -0.2) is 23.5 Å². The van der Waals surface area contributed by atoms with Gasteiger partial charge >= 0.3 is 5.97 Å². The van der Waals surface area contributed by atoms with Crippen LogP contribution in [0.4, 0.5) is 0 Å². The van der Waals surface area contributed by atoms with Crippen LogP contribution in [0.2, 0.25) is 0 Å². The number of aliphatic carboxylic acids is 1. The second-order valence-corrected chi connectivity index (χ2v) is 5.95. The Labute approximate surface area is 115 Å². The van der Waals surface area contributed by atoms with Gasteiger partial charge in [0.2, 0.25) is 5.91 Å². The lowest BCUT2D eigenvalue weighted by atomic mass is 9.70. The van der Waals surface area contributed by atoms with Crippen LogP contribution in [0.3, 0.4) is 0 Å². The van der Waals surface area contributed by atoms with Gasteiger partial charge in [-0.1, -0.05) is 25.5 Å². The summed E-state index contributed by atoms with van der Waals surface area (Å²) in [6, 6.07) is 0. The van der Waals surface area contributed by atoms with Gasteiger partial charge in [0, 0.05) is 13.5 Å². The maximum absolute atomic E-state index is 11.0. The minimum Gasteiger partial charge on any atom is -0.481 e. The minimum absolute atomic E-state index is 0.0128. The molecule has 1 aliphatic rings. The van der Waals surface area contributed by atoms with Crippen LogP contribution in [0.15, 0.2) is 11.6 Å². The summed E-state index contributed by atoms with van der Waals surface area (Å²) in [5.41, 5.74) is 1.15. The first kappa shape index (κ1) is 15.7. The number of amides is 1. The van der Waals surface area contributed by atoms with Gasteiger partial charge in [0.25, 0.3) is 0 Å². The Morgan fingerprint density at radius 2 is 2.11 bits per heavy atom. The molecule has 3 unspecified atom stereocenters. The molecule has 0 saturated heterocycles. The average Bonchev–Trinajstić information content (AvgIpc) is 2.28. The highest BCUT2D eigenvalue weighted by Gasteiger charge is 2.32. The number of carboxylic acid groups (broad SMARTS) is 1. The number of hydrogen-bond donors (Lipinski definition) is 2. The van der Waals surface area contributed by atoms with Crippen LogP contribution < -0.4 is 5.32 Å². The number of rotatable bonds is 5. The van der Waals surface area contributed by atoms with Gasteiger partial charge in [-0.25, -0.2) is 0 Å². The average molecular weight is 267 g/mol. The van der Waals surface area contributed by atoms with E-state index in [1.54, 1.807) is 0 Å². The lowest BCUT2D eigenvalue weighted by Crippen LogP contribution is -2.36. The topological polar surface area (TPSA) is 66.4 Å². The molecule has 4 heteroatoms. The summed E-state index contributed by atoms with van der Waals surface area (Å²) in [6.45, 7) is 8.51. The Balaban J connectivity index is 2.81. The second kappa shape index (κ2) is 6.73. The van der Waals surface area contributed by atoms with Gasteiger partial charge in [0.05, 0.1) is 6.42 Å². The van der Waals surface area contributed by atoms with Crippen LogP contribution in [0.5, 0.6) is 0 Å². The van der Waals surface area contributed by atoms with E-state index in [-0.39, 0.29) is 18.2 Å². The van der Waals surface area contributed by atoms with Crippen molar-refractivity contribution in [3.63, 3.8) is 0 Å². The first-order chi connectivity index (χ1) is 8.81. The van der Waals surface area contributed by atoms with E-state index in [9.17, 15) is 9.59 Å². The summed E-state index contributed by atoms with van der Waals surface area (Å²) in [6.07, 6.45) is 3.27. The van der Waals surface area contributed by atoms with Crippen LogP contribution in [0.1, 0.15) is 40.5 Å². The number of allylic oxidation sites excluding steroid dienone is 1. The Morgan fingerprint density at radius 3 is 2.58 bits per heavy atom. The Kier molecular flexibility index (Phi) is 5.58. The van der Waals surface area contributed by atoms with E-state index in [0.717, 1.165) is 12.0 Å². The fourth-order valence-corrected chi connectivity index (χ4v) is 2.98. The van der Waals surface area contributed by atoms with Crippen LogP contribution in [0, 0.1) is 23.7 Å². The minimum atomic E-state index is -0.736. The monoisotopic (exact) mass is 267 g/mol. The third kappa shape index (κ3) is 4.69. The SMILES string of the molecule is CC(=O)NCC1C=C(C)C(CC(=O)O)CC1C(C)C. The van der Waals surface area contributed by atoms with E-state index in [0.29, 0.717) is 24.3 Å². The summed E-state index contributed by atoms with van der Waals surface area (Å²) in [5, 5.41) is 11.8. The summed E-state index contributed by atoms with van der Waals surface area (Å²) >= 11 is 0. The van der Waals surface area contributed by atoms with Gasteiger partial charge in [0.1, 0.15) is 0 Å². The molecule has 19 heavy (non-hydrogen) atoms. The normalized spacial score (nSPS) is 27.0. The van der Waals surface area contributed by atoms with Crippen LogP contribution >= 0.6 is 0 Å².